The lowest BCUT2D eigenvalue weighted by atomic mass is 10.3. The van der Waals surface area contributed by atoms with E-state index >= 15 is 0 Å². The summed E-state index contributed by atoms with van der Waals surface area (Å²) < 4.78 is 7.63. The molecule has 0 bridgehead atoms. The summed E-state index contributed by atoms with van der Waals surface area (Å²) >= 11 is 1.47. The molecule has 0 saturated carbocycles. The van der Waals surface area contributed by atoms with Gasteiger partial charge < -0.3 is 10.1 Å². The van der Waals surface area contributed by atoms with Gasteiger partial charge in [0, 0.05) is 26.2 Å². The van der Waals surface area contributed by atoms with Crippen molar-refractivity contribution in [3.05, 3.63) is 27.6 Å². The number of aromatic nitrogens is 2. The Balaban J connectivity index is 1.94. The Morgan fingerprint density at radius 3 is 3.11 bits per heavy atom. The molecule has 2 heterocycles. The molecule has 1 N–H and O–H groups in total. The molecule has 0 unspecified atom stereocenters. The highest BCUT2D eigenvalue weighted by Crippen LogP contribution is 2.19. The topological polar surface area (TPSA) is 56.1 Å². The minimum atomic E-state index is 0.0507. The minimum Gasteiger partial charge on any atom is -0.380 e. The molecule has 2 aromatic heterocycles. The van der Waals surface area contributed by atoms with Crippen molar-refractivity contribution in [1.82, 2.24) is 14.9 Å². The maximum Gasteiger partial charge on any atom is 0.271 e. The second-order valence-electron chi connectivity index (χ2n) is 4.29. The van der Waals surface area contributed by atoms with Gasteiger partial charge in [0.05, 0.1) is 18.5 Å². The standard InChI is InChI=1S/C13H19N3O2S/c1-3-18-7-5-14-4-6-16-9-15-11-10(2)8-19-12(11)13(16)17/h8-9,14H,3-7H2,1-2H3. The van der Waals surface area contributed by atoms with Gasteiger partial charge in [-0.3, -0.25) is 9.36 Å². The predicted molar refractivity (Wildman–Crippen MR) is 78.0 cm³/mol. The summed E-state index contributed by atoms with van der Waals surface area (Å²) in [6, 6.07) is 0. The first-order valence-corrected chi connectivity index (χ1v) is 7.33. The van der Waals surface area contributed by atoms with Crippen molar-refractivity contribution in [2.75, 3.05) is 26.3 Å². The van der Waals surface area contributed by atoms with Crippen molar-refractivity contribution in [2.45, 2.75) is 20.4 Å². The van der Waals surface area contributed by atoms with Gasteiger partial charge in [-0.1, -0.05) is 0 Å². The fraction of sp³-hybridized carbons (Fsp3) is 0.538. The van der Waals surface area contributed by atoms with E-state index in [-0.39, 0.29) is 5.56 Å². The van der Waals surface area contributed by atoms with Gasteiger partial charge in [0.25, 0.3) is 5.56 Å². The molecular weight excluding hydrogens is 262 g/mol. The summed E-state index contributed by atoms with van der Waals surface area (Å²) in [7, 11) is 0. The Hall–Kier alpha value is -1.24. The molecule has 104 valence electrons. The number of aryl methyl sites for hydroxylation is 1. The van der Waals surface area contributed by atoms with Gasteiger partial charge in [0.15, 0.2) is 0 Å². The van der Waals surface area contributed by atoms with Gasteiger partial charge in [-0.15, -0.1) is 11.3 Å². The fourth-order valence-corrected chi connectivity index (χ4v) is 2.78. The third-order valence-electron chi connectivity index (χ3n) is 2.88. The Morgan fingerprint density at radius 2 is 2.32 bits per heavy atom. The van der Waals surface area contributed by atoms with Crippen LogP contribution in [0, 0.1) is 6.92 Å². The summed E-state index contributed by atoms with van der Waals surface area (Å²) in [6.45, 7) is 7.56. The highest BCUT2D eigenvalue weighted by molar-refractivity contribution is 7.17. The Labute approximate surface area is 116 Å². The average Bonchev–Trinajstić information content (AvgIpc) is 2.78. The second-order valence-corrected chi connectivity index (χ2v) is 5.17. The molecule has 19 heavy (non-hydrogen) atoms. The van der Waals surface area contributed by atoms with Gasteiger partial charge in [0.1, 0.15) is 4.70 Å². The number of thiophene rings is 1. The van der Waals surface area contributed by atoms with E-state index < -0.39 is 0 Å². The van der Waals surface area contributed by atoms with Crippen LogP contribution in [0.5, 0.6) is 0 Å². The van der Waals surface area contributed by atoms with Gasteiger partial charge in [-0.05, 0) is 24.8 Å². The minimum absolute atomic E-state index is 0.0507. The van der Waals surface area contributed by atoms with E-state index in [9.17, 15) is 4.79 Å². The van der Waals surface area contributed by atoms with E-state index in [2.05, 4.69) is 10.3 Å². The lowest BCUT2D eigenvalue weighted by molar-refractivity contribution is 0.149. The van der Waals surface area contributed by atoms with E-state index in [0.29, 0.717) is 13.2 Å². The lowest BCUT2D eigenvalue weighted by Crippen LogP contribution is -2.28. The zero-order valence-corrected chi connectivity index (χ0v) is 12.1. The molecule has 0 spiro atoms. The number of rotatable bonds is 7. The van der Waals surface area contributed by atoms with Gasteiger partial charge in [0.2, 0.25) is 0 Å². The predicted octanol–water partition coefficient (Wildman–Crippen LogP) is 1.39. The van der Waals surface area contributed by atoms with Crippen molar-refractivity contribution in [3.8, 4) is 0 Å². The zero-order valence-electron chi connectivity index (χ0n) is 11.3. The molecule has 0 fully saturated rings. The smallest absolute Gasteiger partial charge is 0.271 e. The van der Waals surface area contributed by atoms with Gasteiger partial charge >= 0.3 is 0 Å². The number of nitrogens with zero attached hydrogens (tertiary/aromatic N) is 2. The van der Waals surface area contributed by atoms with Crippen molar-refractivity contribution >= 4 is 21.6 Å². The van der Waals surface area contributed by atoms with Crippen LogP contribution in [0.25, 0.3) is 10.2 Å². The molecule has 5 nitrogen and oxygen atoms in total. The van der Waals surface area contributed by atoms with E-state index in [0.717, 1.165) is 35.5 Å². The van der Waals surface area contributed by atoms with Gasteiger partial charge in [-0.25, -0.2) is 4.98 Å². The first kappa shape index (κ1) is 14.2. The summed E-state index contributed by atoms with van der Waals surface area (Å²) in [5, 5.41) is 5.22. The third kappa shape index (κ3) is 3.40. The number of hydrogen-bond acceptors (Lipinski definition) is 5. The summed E-state index contributed by atoms with van der Waals surface area (Å²) in [5.41, 5.74) is 1.95. The summed E-state index contributed by atoms with van der Waals surface area (Å²) in [6.07, 6.45) is 1.63. The Kier molecular flexibility index (Phi) is 5.07. The molecule has 0 saturated heterocycles. The number of hydrogen-bond donors (Lipinski definition) is 1. The largest absolute Gasteiger partial charge is 0.380 e. The van der Waals surface area contributed by atoms with Crippen molar-refractivity contribution in [3.63, 3.8) is 0 Å². The van der Waals surface area contributed by atoms with Crippen molar-refractivity contribution in [1.29, 1.82) is 0 Å². The first-order chi connectivity index (χ1) is 9.24. The van der Waals surface area contributed by atoms with Crippen LogP contribution in [-0.4, -0.2) is 35.9 Å². The Morgan fingerprint density at radius 1 is 1.47 bits per heavy atom. The van der Waals surface area contributed by atoms with Crippen LogP contribution in [0.4, 0.5) is 0 Å². The highest BCUT2D eigenvalue weighted by Gasteiger charge is 2.07. The van der Waals surface area contributed by atoms with E-state index in [1.165, 1.54) is 11.3 Å². The molecule has 0 aromatic carbocycles. The van der Waals surface area contributed by atoms with Crippen LogP contribution in [0.2, 0.25) is 0 Å². The van der Waals surface area contributed by atoms with Crippen LogP contribution in [0.15, 0.2) is 16.5 Å². The maximum atomic E-state index is 12.2. The maximum absolute atomic E-state index is 12.2. The van der Waals surface area contributed by atoms with Crippen LogP contribution in [-0.2, 0) is 11.3 Å². The molecule has 2 aromatic rings. The van der Waals surface area contributed by atoms with Crippen LogP contribution >= 0.6 is 11.3 Å². The molecule has 0 aliphatic rings. The summed E-state index contributed by atoms with van der Waals surface area (Å²) in [4.78, 5) is 16.5. The molecule has 0 aliphatic heterocycles. The molecule has 6 heteroatoms. The van der Waals surface area contributed by atoms with Gasteiger partial charge in [-0.2, -0.15) is 0 Å². The molecule has 2 rings (SSSR count). The molecular formula is C13H19N3O2S. The SMILES string of the molecule is CCOCCNCCn1cnc2c(C)csc2c1=O. The normalized spacial score (nSPS) is 11.3. The first-order valence-electron chi connectivity index (χ1n) is 6.45. The monoisotopic (exact) mass is 281 g/mol. The molecule has 0 aliphatic carbocycles. The van der Waals surface area contributed by atoms with Crippen molar-refractivity contribution in [2.24, 2.45) is 0 Å². The Bertz CT molecular complexity index is 591. The van der Waals surface area contributed by atoms with Crippen LogP contribution in [0.3, 0.4) is 0 Å². The second kappa shape index (κ2) is 6.79. The van der Waals surface area contributed by atoms with E-state index in [1.807, 2.05) is 19.2 Å². The molecule has 0 radical (unpaired) electrons. The highest BCUT2D eigenvalue weighted by atomic mass is 32.1. The molecule has 0 amide bonds. The average molecular weight is 281 g/mol. The zero-order chi connectivity index (χ0) is 13.7. The fourth-order valence-electron chi connectivity index (χ4n) is 1.83. The summed E-state index contributed by atoms with van der Waals surface area (Å²) in [5.74, 6) is 0. The lowest BCUT2D eigenvalue weighted by Gasteiger charge is -2.07. The molecule has 0 atom stereocenters. The van der Waals surface area contributed by atoms with Crippen molar-refractivity contribution < 1.29 is 4.74 Å². The number of nitrogens with one attached hydrogen (secondary N) is 1. The van der Waals surface area contributed by atoms with E-state index in [1.54, 1.807) is 10.9 Å². The van der Waals surface area contributed by atoms with E-state index in [4.69, 9.17) is 4.74 Å². The number of ether oxygens (including phenoxy) is 1. The number of fused-ring (bicyclic) bond motifs is 1. The quantitative estimate of drug-likeness (QED) is 0.779. The third-order valence-corrected chi connectivity index (χ3v) is 3.96. The van der Waals surface area contributed by atoms with Crippen LogP contribution in [0.1, 0.15) is 12.5 Å². The van der Waals surface area contributed by atoms with Crippen LogP contribution < -0.4 is 10.9 Å².